The van der Waals surface area contributed by atoms with Crippen molar-refractivity contribution in [2.24, 2.45) is 5.92 Å². The smallest absolute Gasteiger partial charge is 0.294 e. The van der Waals surface area contributed by atoms with Gasteiger partial charge in [-0.1, -0.05) is 12.1 Å². The van der Waals surface area contributed by atoms with Gasteiger partial charge in [-0.05, 0) is 42.4 Å². The number of benzene rings is 1. The number of carbonyl (C=O) groups is 1. The van der Waals surface area contributed by atoms with Crippen LogP contribution < -0.4 is 0 Å². The third-order valence-corrected chi connectivity index (χ3v) is 4.40. The number of Topliss-reactive ketones (excluding diaryl/α,β-unsaturated/α-hetero) is 1. The van der Waals surface area contributed by atoms with Gasteiger partial charge in [-0.3, -0.25) is 4.79 Å². The lowest BCUT2D eigenvalue weighted by atomic mass is 9.93. The molecule has 1 saturated heterocycles. The second-order valence-electron chi connectivity index (χ2n) is 4.76. The number of carbonyl (C=O) groups excluding carboxylic acids is 1. The van der Waals surface area contributed by atoms with Crippen molar-refractivity contribution in [1.82, 2.24) is 0 Å². The number of ketones is 1. The van der Waals surface area contributed by atoms with E-state index in [2.05, 4.69) is 0 Å². The van der Waals surface area contributed by atoms with E-state index >= 15 is 0 Å². The molecular formula is C14H15F3OS. The van der Waals surface area contributed by atoms with Gasteiger partial charge in [0.15, 0.2) is 5.78 Å². The Kier molecular flexibility index (Phi) is 4.55. The molecule has 2 rings (SSSR count). The maximum absolute atomic E-state index is 12.4. The summed E-state index contributed by atoms with van der Waals surface area (Å²) in [5, 5.41) is 0. The summed E-state index contributed by atoms with van der Waals surface area (Å²) >= 11 is 1.89. The van der Waals surface area contributed by atoms with Gasteiger partial charge in [-0.15, -0.1) is 0 Å². The molecule has 0 N–H and O–H groups in total. The first-order valence-electron chi connectivity index (χ1n) is 6.25. The van der Waals surface area contributed by atoms with Crippen LogP contribution in [-0.2, 0) is 6.18 Å². The molecule has 0 atom stereocenters. The topological polar surface area (TPSA) is 17.1 Å². The predicted octanol–water partition coefficient (Wildman–Crippen LogP) is 4.42. The van der Waals surface area contributed by atoms with Crippen LogP contribution in [0.5, 0.6) is 0 Å². The Hall–Kier alpha value is -0.970. The lowest BCUT2D eigenvalue weighted by Gasteiger charge is -2.20. The molecule has 1 aliphatic rings. The Morgan fingerprint density at radius 1 is 1.16 bits per heavy atom. The highest BCUT2D eigenvalue weighted by molar-refractivity contribution is 7.99. The Morgan fingerprint density at radius 2 is 1.74 bits per heavy atom. The van der Waals surface area contributed by atoms with Gasteiger partial charge in [0.05, 0.1) is 5.56 Å². The molecule has 0 radical (unpaired) electrons. The maximum Gasteiger partial charge on any atom is 0.416 e. The van der Waals surface area contributed by atoms with Crippen molar-refractivity contribution < 1.29 is 18.0 Å². The average molecular weight is 288 g/mol. The minimum absolute atomic E-state index is 0.0503. The van der Waals surface area contributed by atoms with Crippen molar-refractivity contribution in [2.45, 2.75) is 25.4 Å². The first-order valence-corrected chi connectivity index (χ1v) is 7.40. The molecule has 1 heterocycles. The molecular weight excluding hydrogens is 273 g/mol. The monoisotopic (exact) mass is 288 g/mol. The molecule has 19 heavy (non-hydrogen) atoms. The van der Waals surface area contributed by atoms with Gasteiger partial charge in [0.1, 0.15) is 0 Å². The Morgan fingerprint density at radius 3 is 2.26 bits per heavy atom. The van der Waals surface area contributed by atoms with Crippen LogP contribution in [-0.4, -0.2) is 17.3 Å². The molecule has 1 aromatic rings. The molecule has 0 spiro atoms. The standard InChI is InChI=1S/C14H15F3OS/c15-14(16,17)12-3-1-11(2-4-12)13(18)9-10-5-7-19-8-6-10/h1-4,10H,5-9H2. The van der Waals surface area contributed by atoms with E-state index in [1.807, 2.05) is 11.8 Å². The van der Waals surface area contributed by atoms with Gasteiger partial charge in [-0.25, -0.2) is 0 Å². The van der Waals surface area contributed by atoms with E-state index < -0.39 is 11.7 Å². The maximum atomic E-state index is 12.4. The van der Waals surface area contributed by atoms with Crippen LogP contribution in [0.25, 0.3) is 0 Å². The fourth-order valence-electron chi connectivity index (χ4n) is 2.18. The molecule has 0 aromatic heterocycles. The fraction of sp³-hybridized carbons (Fsp3) is 0.500. The van der Waals surface area contributed by atoms with Crippen LogP contribution >= 0.6 is 11.8 Å². The molecule has 1 aromatic carbocycles. The SMILES string of the molecule is O=C(CC1CCSCC1)c1ccc(C(F)(F)F)cc1. The summed E-state index contributed by atoms with van der Waals surface area (Å²) in [6.45, 7) is 0. The van der Waals surface area contributed by atoms with Gasteiger partial charge in [0.2, 0.25) is 0 Å². The number of thioether (sulfide) groups is 1. The fourth-order valence-corrected chi connectivity index (χ4v) is 3.38. The van der Waals surface area contributed by atoms with Crippen LogP contribution in [0.15, 0.2) is 24.3 Å². The van der Waals surface area contributed by atoms with Crippen molar-refractivity contribution in [3.63, 3.8) is 0 Å². The zero-order valence-corrected chi connectivity index (χ0v) is 11.2. The van der Waals surface area contributed by atoms with Gasteiger partial charge in [0, 0.05) is 12.0 Å². The van der Waals surface area contributed by atoms with Gasteiger partial charge in [0.25, 0.3) is 0 Å². The molecule has 1 fully saturated rings. The largest absolute Gasteiger partial charge is 0.416 e. The third kappa shape index (κ3) is 4.00. The van der Waals surface area contributed by atoms with Gasteiger partial charge in [-0.2, -0.15) is 24.9 Å². The van der Waals surface area contributed by atoms with E-state index in [0.29, 0.717) is 17.9 Å². The summed E-state index contributed by atoms with van der Waals surface area (Å²) in [6, 6.07) is 4.51. The Balaban J connectivity index is 1.99. The summed E-state index contributed by atoms with van der Waals surface area (Å²) in [4.78, 5) is 12.0. The highest BCUT2D eigenvalue weighted by Crippen LogP contribution is 2.30. The van der Waals surface area contributed by atoms with E-state index in [-0.39, 0.29) is 5.78 Å². The van der Waals surface area contributed by atoms with Crippen LogP contribution in [0.2, 0.25) is 0 Å². The summed E-state index contributed by atoms with van der Waals surface area (Å²) in [7, 11) is 0. The molecule has 0 amide bonds. The van der Waals surface area contributed by atoms with Crippen molar-refractivity contribution >= 4 is 17.5 Å². The number of hydrogen-bond donors (Lipinski definition) is 0. The average Bonchev–Trinajstić information content (AvgIpc) is 2.39. The van der Waals surface area contributed by atoms with Crippen LogP contribution in [0.3, 0.4) is 0 Å². The first-order chi connectivity index (χ1) is 8.97. The predicted molar refractivity (Wildman–Crippen MR) is 70.4 cm³/mol. The summed E-state index contributed by atoms with van der Waals surface area (Å²) in [6.07, 6.45) is -1.85. The third-order valence-electron chi connectivity index (χ3n) is 3.35. The lowest BCUT2D eigenvalue weighted by Crippen LogP contribution is -2.14. The number of alkyl halides is 3. The highest BCUT2D eigenvalue weighted by atomic mass is 32.2. The van der Waals surface area contributed by atoms with E-state index in [0.717, 1.165) is 36.5 Å². The first kappa shape index (κ1) is 14.4. The van der Waals surface area contributed by atoms with E-state index in [9.17, 15) is 18.0 Å². The van der Waals surface area contributed by atoms with Crippen molar-refractivity contribution in [2.75, 3.05) is 11.5 Å². The number of hydrogen-bond acceptors (Lipinski definition) is 2. The molecule has 1 nitrogen and oxygen atoms in total. The summed E-state index contributed by atoms with van der Waals surface area (Å²) in [5.41, 5.74) is -0.329. The van der Waals surface area contributed by atoms with Crippen molar-refractivity contribution in [3.8, 4) is 0 Å². The number of halogens is 3. The van der Waals surface area contributed by atoms with Crippen molar-refractivity contribution in [3.05, 3.63) is 35.4 Å². The van der Waals surface area contributed by atoms with Crippen LogP contribution in [0.1, 0.15) is 35.2 Å². The summed E-state index contributed by atoms with van der Waals surface area (Å²) < 4.78 is 37.2. The molecule has 0 aliphatic carbocycles. The molecule has 0 saturated carbocycles. The highest BCUT2D eigenvalue weighted by Gasteiger charge is 2.30. The molecule has 104 valence electrons. The quantitative estimate of drug-likeness (QED) is 0.766. The Labute approximate surface area is 114 Å². The van der Waals surface area contributed by atoms with E-state index in [1.165, 1.54) is 12.1 Å². The molecule has 5 heteroatoms. The van der Waals surface area contributed by atoms with E-state index in [4.69, 9.17) is 0 Å². The van der Waals surface area contributed by atoms with Gasteiger partial charge >= 0.3 is 6.18 Å². The minimum Gasteiger partial charge on any atom is -0.294 e. The normalized spacial score (nSPS) is 17.4. The zero-order chi connectivity index (χ0) is 13.9. The van der Waals surface area contributed by atoms with Crippen LogP contribution in [0.4, 0.5) is 13.2 Å². The van der Waals surface area contributed by atoms with E-state index in [1.54, 1.807) is 0 Å². The van der Waals surface area contributed by atoms with Crippen molar-refractivity contribution in [1.29, 1.82) is 0 Å². The second kappa shape index (κ2) is 5.99. The molecule has 1 aliphatic heterocycles. The Bertz CT molecular complexity index is 433. The second-order valence-corrected chi connectivity index (χ2v) is 5.98. The summed E-state index contributed by atoms with van der Waals surface area (Å²) in [5.74, 6) is 2.48. The molecule has 0 bridgehead atoms. The van der Waals surface area contributed by atoms with Crippen LogP contribution in [0, 0.1) is 5.92 Å². The lowest BCUT2D eigenvalue weighted by molar-refractivity contribution is -0.137. The zero-order valence-electron chi connectivity index (χ0n) is 10.4. The number of rotatable bonds is 3. The minimum atomic E-state index is -4.35. The molecule has 0 unspecified atom stereocenters. The van der Waals surface area contributed by atoms with Gasteiger partial charge < -0.3 is 0 Å².